The van der Waals surface area contributed by atoms with E-state index in [1.54, 1.807) is 0 Å². The quantitative estimate of drug-likeness (QED) is 0.821. The predicted molar refractivity (Wildman–Crippen MR) is 75.9 cm³/mol. The minimum absolute atomic E-state index is 0.00507. The van der Waals surface area contributed by atoms with Gasteiger partial charge in [0.2, 0.25) is 0 Å². The van der Waals surface area contributed by atoms with Gasteiger partial charge in [-0.1, -0.05) is 12.1 Å². The molecule has 3 rings (SSSR count). The Morgan fingerprint density at radius 2 is 2.30 bits per heavy atom. The van der Waals surface area contributed by atoms with Gasteiger partial charge in [-0.15, -0.1) is 0 Å². The van der Waals surface area contributed by atoms with Gasteiger partial charge in [-0.05, 0) is 24.6 Å². The number of ether oxygens (including phenoxy) is 2. The first-order valence-electron chi connectivity index (χ1n) is 6.98. The average molecular weight is 276 g/mol. The number of carbonyl (C=O) groups is 1. The van der Waals surface area contributed by atoms with Crippen molar-refractivity contribution in [3.63, 3.8) is 0 Å². The molecule has 1 N–H and O–H groups in total. The SMILES string of the molecule is Cc1cccc(N2C[C@@]3(CNCCOC3)OCC2=O)c1. The highest BCUT2D eigenvalue weighted by Gasteiger charge is 2.41. The molecule has 0 aromatic heterocycles. The Morgan fingerprint density at radius 1 is 1.40 bits per heavy atom. The Kier molecular flexibility index (Phi) is 3.74. The zero-order chi connectivity index (χ0) is 14.0. The van der Waals surface area contributed by atoms with Crippen LogP contribution in [0.1, 0.15) is 5.56 Å². The summed E-state index contributed by atoms with van der Waals surface area (Å²) in [5.41, 5.74) is 1.64. The molecule has 5 nitrogen and oxygen atoms in total. The van der Waals surface area contributed by atoms with E-state index >= 15 is 0 Å². The molecule has 0 aliphatic carbocycles. The van der Waals surface area contributed by atoms with E-state index in [9.17, 15) is 4.79 Å². The molecule has 2 aliphatic heterocycles. The van der Waals surface area contributed by atoms with Gasteiger partial charge in [-0.25, -0.2) is 0 Å². The number of nitrogens with one attached hydrogen (secondary N) is 1. The number of hydrogen-bond donors (Lipinski definition) is 1. The molecule has 1 amide bonds. The molecule has 1 aromatic rings. The van der Waals surface area contributed by atoms with Crippen LogP contribution in [0.15, 0.2) is 24.3 Å². The lowest BCUT2D eigenvalue weighted by atomic mass is 10.0. The minimum atomic E-state index is -0.436. The fourth-order valence-corrected chi connectivity index (χ4v) is 2.71. The molecular weight excluding hydrogens is 256 g/mol. The molecule has 1 atom stereocenters. The number of carbonyl (C=O) groups excluding carboxylic acids is 1. The number of hydrogen-bond acceptors (Lipinski definition) is 4. The molecule has 2 saturated heterocycles. The van der Waals surface area contributed by atoms with Crippen molar-refractivity contribution in [2.24, 2.45) is 0 Å². The van der Waals surface area contributed by atoms with Crippen molar-refractivity contribution in [3.8, 4) is 0 Å². The van der Waals surface area contributed by atoms with E-state index in [4.69, 9.17) is 9.47 Å². The molecule has 1 spiro atoms. The largest absolute Gasteiger partial charge is 0.377 e. The first-order valence-corrected chi connectivity index (χ1v) is 6.98. The van der Waals surface area contributed by atoms with Crippen molar-refractivity contribution >= 4 is 11.6 Å². The van der Waals surface area contributed by atoms with Gasteiger partial charge in [0.1, 0.15) is 12.2 Å². The summed E-state index contributed by atoms with van der Waals surface area (Å²) in [6.45, 7) is 5.41. The first-order chi connectivity index (χ1) is 9.69. The highest BCUT2D eigenvalue weighted by Crippen LogP contribution is 2.25. The Balaban J connectivity index is 1.84. The van der Waals surface area contributed by atoms with Crippen molar-refractivity contribution in [3.05, 3.63) is 29.8 Å². The fraction of sp³-hybridized carbons (Fsp3) is 0.533. The van der Waals surface area contributed by atoms with E-state index in [2.05, 4.69) is 5.32 Å². The number of morpholine rings is 1. The lowest BCUT2D eigenvalue weighted by Gasteiger charge is -2.41. The minimum Gasteiger partial charge on any atom is -0.377 e. The number of nitrogens with zero attached hydrogens (tertiary/aromatic N) is 1. The van der Waals surface area contributed by atoms with Gasteiger partial charge in [0, 0.05) is 18.8 Å². The molecule has 0 bridgehead atoms. The van der Waals surface area contributed by atoms with Crippen LogP contribution in [0.3, 0.4) is 0 Å². The second kappa shape index (κ2) is 5.52. The number of aryl methyl sites for hydroxylation is 1. The van der Waals surface area contributed by atoms with Gasteiger partial charge in [0.25, 0.3) is 5.91 Å². The van der Waals surface area contributed by atoms with Gasteiger partial charge in [-0.3, -0.25) is 4.79 Å². The zero-order valence-electron chi connectivity index (χ0n) is 11.7. The average Bonchev–Trinajstić information content (AvgIpc) is 2.68. The van der Waals surface area contributed by atoms with E-state index < -0.39 is 5.60 Å². The van der Waals surface area contributed by atoms with Crippen molar-refractivity contribution in [2.75, 3.05) is 44.4 Å². The molecule has 108 valence electrons. The monoisotopic (exact) mass is 276 g/mol. The number of anilines is 1. The molecule has 2 heterocycles. The summed E-state index contributed by atoms with van der Waals surface area (Å²) in [7, 11) is 0. The van der Waals surface area contributed by atoms with Gasteiger partial charge in [0.15, 0.2) is 0 Å². The van der Waals surface area contributed by atoms with Crippen LogP contribution in [0.5, 0.6) is 0 Å². The van der Waals surface area contributed by atoms with Gasteiger partial charge >= 0.3 is 0 Å². The van der Waals surface area contributed by atoms with Crippen molar-refractivity contribution in [2.45, 2.75) is 12.5 Å². The molecule has 0 saturated carbocycles. The van der Waals surface area contributed by atoms with E-state index in [-0.39, 0.29) is 12.5 Å². The standard InChI is InChI=1S/C15H20N2O3/c1-12-3-2-4-13(7-12)17-10-15(20-8-14(17)18)9-16-5-6-19-11-15/h2-4,7,16H,5-6,8-11H2,1H3/t15-/m1/s1. The Bertz CT molecular complexity index is 496. The van der Waals surface area contributed by atoms with E-state index in [0.717, 1.165) is 17.8 Å². The van der Waals surface area contributed by atoms with Crippen LogP contribution in [0.2, 0.25) is 0 Å². The Morgan fingerprint density at radius 3 is 3.15 bits per heavy atom. The van der Waals surface area contributed by atoms with Crippen LogP contribution < -0.4 is 10.2 Å². The summed E-state index contributed by atoms with van der Waals surface area (Å²) in [4.78, 5) is 14.0. The van der Waals surface area contributed by atoms with E-state index in [1.807, 2.05) is 36.1 Å². The summed E-state index contributed by atoms with van der Waals surface area (Å²) in [6.07, 6.45) is 0. The first kappa shape index (κ1) is 13.5. The summed E-state index contributed by atoms with van der Waals surface area (Å²) in [5.74, 6) is 0.00507. The van der Waals surface area contributed by atoms with Crippen molar-refractivity contribution < 1.29 is 14.3 Å². The highest BCUT2D eigenvalue weighted by molar-refractivity contribution is 5.95. The van der Waals surface area contributed by atoms with Crippen LogP contribution in [-0.4, -0.2) is 51.0 Å². The summed E-state index contributed by atoms with van der Waals surface area (Å²) in [6, 6.07) is 8.00. The smallest absolute Gasteiger partial charge is 0.253 e. The summed E-state index contributed by atoms with van der Waals surface area (Å²) >= 11 is 0. The lowest BCUT2D eigenvalue weighted by molar-refractivity contribution is -0.144. The summed E-state index contributed by atoms with van der Waals surface area (Å²) < 4.78 is 11.4. The molecule has 0 unspecified atom stereocenters. The molecule has 1 aromatic carbocycles. The molecule has 2 fully saturated rings. The Labute approximate surface area is 118 Å². The third kappa shape index (κ3) is 2.70. The molecular formula is C15H20N2O3. The molecule has 20 heavy (non-hydrogen) atoms. The maximum atomic E-state index is 12.2. The maximum Gasteiger partial charge on any atom is 0.253 e. The zero-order valence-corrected chi connectivity index (χ0v) is 11.7. The second-order valence-corrected chi connectivity index (χ2v) is 5.52. The maximum absolute atomic E-state index is 12.2. The number of rotatable bonds is 1. The number of amides is 1. The summed E-state index contributed by atoms with van der Waals surface area (Å²) in [5, 5.41) is 3.32. The van der Waals surface area contributed by atoms with Crippen LogP contribution in [-0.2, 0) is 14.3 Å². The molecule has 5 heteroatoms. The predicted octanol–water partition coefficient (Wildman–Crippen LogP) is 0.717. The lowest BCUT2D eigenvalue weighted by Crippen LogP contribution is -2.60. The van der Waals surface area contributed by atoms with Crippen LogP contribution >= 0.6 is 0 Å². The van der Waals surface area contributed by atoms with Gasteiger partial charge < -0.3 is 19.7 Å². The second-order valence-electron chi connectivity index (χ2n) is 5.52. The van der Waals surface area contributed by atoms with Gasteiger partial charge in [0.05, 0.1) is 19.8 Å². The third-order valence-electron chi connectivity index (χ3n) is 3.80. The van der Waals surface area contributed by atoms with Crippen molar-refractivity contribution in [1.29, 1.82) is 0 Å². The highest BCUT2D eigenvalue weighted by atomic mass is 16.5. The normalized spacial score (nSPS) is 27.6. The van der Waals surface area contributed by atoms with Crippen LogP contribution in [0.4, 0.5) is 5.69 Å². The van der Waals surface area contributed by atoms with Crippen molar-refractivity contribution in [1.82, 2.24) is 5.32 Å². The number of benzene rings is 1. The van der Waals surface area contributed by atoms with E-state index in [0.29, 0.717) is 26.3 Å². The van der Waals surface area contributed by atoms with Crippen LogP contribution in [0, 0.1) is 6.92 Å². The Hall–Kier alpha value is -1.43. The van der Waals surface area contributed by atoms with E-state index in [1.165, 1.54) is 0 Å². The third-order valence-corrected chi connectivity index (χ3v) is 3.80. The molecule has 0 radical (unpaired) electrons. The van der Waals surface area contributed by atoms with Crippen LogP contribution in [0.25, 0.3) is 0 Å². The topological polar surface area (TPSA) is 50.8 Å². The molecule has 2 aliphatic rings. The van der Waals surface area contributed by atoms with Gasteiger partial charge in [-0.2, -0.15) is 0 Å². The fourth-order valence-electron chi connectivity index (χ4n) is 2.71.